The number of benzene rings is 3. The summed E-state index contributed by atoms with van der Waals surface area (Å²) in [6, 6.07) is 22.3. The van der Waals surface area contributed by atoms with Crippen LogP contribution in [0.1, 0.15) is 15.9 Å². The van der Waals surface area contributed by atoms with Gasteiger partial charge in [-0.1, -0.05) is 24.3 Å². The van der Waals surface area contributed by atoms with Crippen molar-refractivity contribution in [2.24, 2.45) is 0 Å². The summed E-state index contributed by atoms with van der Waals surface area (Å²) in [5.41, 5.74) is 2.88. The fourth-order valence-corrected chi connectivity index (χ4v) is 3.60. The molecule has 2 N–H and O–H groups in total. The lowest BCUT2D eigenvalue weighted by Gasteiger charge is -2.16. The summed E-state index contributed by atoms with van der Waals surface area (Å²) in [5.74, 6) is 0.230. The smallest absolute Gasteiger partial charge is 0.255 e. The van der Waals surface area contributed by atoms with Crippen molar-refractivity contribution in [2.75, 3.05) is 37.6 Å². The van der Waals surface area contributed by atoms with E-state index in [9.17, 15) is 9.59 Å². The Morgan fingerprint density at radius 2 is 1.62 bits per heavy atom. The zero-order valence-electron chi connectivity index (χ0n) is 18.4. The number of likely N-dealkylation sites (N-methyl/N-ethyl adjacent to an activating group) is 1. The van der Waals surface area contributed by atoms with E-state index in [0.717, 1.165) is 5.56 Å². The van der Waals surface area contributed by atoms with Crippen LogP contribution < -0.4 is 15.4 Å². The Balaban J connectivity index is 1.51. The van der Waals surface area contributed by atoms with Crippen LogP contribution in [0, 0.1) is 0 Å². The Morgan fingerprint density at radius 1 is 0.938 bits per heavy atom. The average Bonchev–Trinajstić information content (AvgIpc) is 2.80. The van der Waals surface area contributed by atoms with Crippen molar-refractivity contribution < 1.29 is 14.3 Å². The molecular weight excluding hydrogens is 422 g/mol. The summed E-state index contributed by atoms with van der Waals surface area (Å²) in [6.45, 7) is 0.949. The molecule has 0 fully saturated rings. The van der Waals surface area contributed by atoms with Crippen molar-refractivity contribution in [3.8, 4) is 5.75 Å². The predicted octanol–water partition coefficient (Wildman–Crippen LogP) is 4.74. The van der Waals surface area contributed by atoms with Gasteiger partial charge in [0, 0.05) is 22.7 Å². The summed E-state index contributed by atoms with van der Waals surface area (Å²) in [7, 11) is 3.47. The van der Waals surface area contributed by atoms with Crippen LogP contribution in [0.25, 0.3) is 0 Å². The first-order valence-electron chi connectivity index (χ1n) is 10.1. The van der Waals surface area contributed by atoms with Gasteiger partial charge in [0.1, 0.15) is 5.75 Å². The highest BCUT2D eigenvalue weighted by Crippen LogP contribution is 2.24. The number of carbonyl (C=O) groups is 2. The number of nitrogens with zero attached hydrogens (tertiary/aromatic N) is 1. The number of rotatable bonds is 9. The number of anilines is 2. The van der Waals surface area contributed by atoms with E-state index in [0.29, 0.717) is 29.2 Å². The normalized spacial score (nSPS) is 10.6. The van der Waals surface area contributed by atoms with Crippen LogP contribution in [0.3, 0.4) is 0 Å². The van der Waals surface area contributed by atoms with Crippen LogP contribution in [0.5, 0.6) is 5.75 Å². The van der Waals surface area contributed by atoms with E-state index >= 15 is 0 Å². The van der Waals surface area contributed by atoms with Crippen LogP contribution in [0.15, 0.2) is 77.7 Å². The van der Waals surface area contributed by atoms with Crippen molar-refractivity contribution in [1.29, 1.82) is 0 Å². The lowest BCUT2D eigenvalue weighted by atomic mass is 10.2. The highest BCUT2D eigenvalue weighted by Gasteiger charge is 2.11. The van der Waals surface area contributed by atoms with E-state index in [1.807, 2.05) is 30.3 Å². The largest absolute Gasteiger partial charge is 0.495 e. The molecule has 0 saturated carbocycles. The van der Waals surface area contributed by atoms with Crippen LogP contribution in [-0.2, 0) is 11.3 Å². The number of hydrogen-bond acceptors (Lipinski definition) is 5. The van der Waals surface area contributed by atoms with E-state index in [1.54, 1.807) is 55.3 Å². The van der Waals surface area contributed by atoms with E-state index < -0.39 is 0 Å². The standard InChI is InChI=1S/C25H27N3O3S/c1-28(16-18-8-14-21(32-3)15-9-18)17-24(29)26-20-12-10-19(11-13-20)25(30)27-22-6-4-5-7-23(22)31-2/h4-15H,16-17H2,1-3H3,(H,26,29)(H,27,30). The first kappa shape index (κ1) is 23.4. The molecule has 0 atom stereocenters. The summed E-state index contributed by atoms with van der Waals surface area (Å²) in [4.78, 5) is 28.1. The first-order valence-corrected chi connectivity index (χ1v) is 11.4. The van der Waals surface area contributed by atoms with Gasteiger partial charge in [-0.05, 0) is 67.4 Å². The topological polar surface area (TPSA) is 70.7 Å². The SMILES string of the molecule is COc1ccccc1NC(=O)c1ccc(NC(=O)CN(C)Cc2ccc(SC)cc2)cc1. The third-order valence-corrected chi connectivity index (χ3v) is 5.55. The Labute approximate surface area is 193 Å². The molecule has 32 heavy (non-hydrogen) atoms. The molecule has 7 heteroatoms. The predicted molar refractivity (Wildman–Crippen MR) is 131 cm³/mol. The molecule has 2 amide bonds. The van der Waals surface area contributed by atoms with Crippen molar-refractivity contribution in [1.82, 2.24) is 4.90 Å². The number of methoxy groups -OCH3 is 1. The molecule has 0 aliphatic rings. The van der Waals surface area contributed by atoms with Gasteiger partial charge in [0.15, 0.2) is 0 Å². The molecular formula is C25H27N3O3S. The first-order chi connectivity index (χ1) is 15.5. The lowest BCUT2D eigenvalue weighted by Crippen LogP contribution is -2.29. The molecule has 0 bridgehead atoms. The zero-order valence-corrected chi connectivity index (χ0v) is 19.2. The third kappa shape index (κ3) is 6.60. The van der Waals surface area contributed by atoms with E-state index in [-0.39, 0.29) is 18.4 Å². The van der Waals surface area contributed by atoms with E-state index in [2.05, 4.69) is 34.9 Å². The van der Waals surface area contributed by atoms with Gasteiger partial charge < -0.3 is 15.4 Å². The van der Waals surface area contributed by atoms with Gasteiger partial charge in [0.25, 0.3) is 5.91 Å². The van der Waals surface area contributed by atoms with Crippen LogP contribution in [0.2, 0.25) is 0 Å². The van der Waals surface area contributed by atoms with Crippen LogP contribution in [-0.4, -0.2) is 43.7 Å². The fraction of sp³-hybridized carbons (Fsp3) is 0.200. The number of ether oxygens (including phenoxy) is 1. The molecule has 0 spiro atoms. The summed E-state index contributed by atoms with van der Waals surface area (Å²) in [6.07, 6.45) is 2.05. The van der Waals surface area contributed by atoms with Gasteiger partial charge >= 0.3 is 0 Å². The second-order valence-corrected chi connectivity index (χ2v) is 8.18. The van der Waals surface area contributed by atoms with Gasteiger partial charge in [-0.3, -0.25) is 14.5 Å². The van der Waals surface area contributed by atoms with Crippen molar-refractivity contribution in [3.05, 3.63) is 83.9 Å². The maximum Gasteiger partial charge on any atom is 0.255 e. The number of para-hydroxylation sites is 2. The summed E-state index contributed by atoms with van der Waals surface area (Å²) >= 11 is 1.70. The van der Waals surface area contributed by atoms with Gasteiger partial charge in [-0.2, -0.15) is 0 Å². The Morgan fingerprint density at radius 3 is 2.28 bits per heavy atom. The molecule has 3 aromatic rings. The highest BCUT2D eigenvalue weighted by molar-refractivity contribution is 7.98. The maximum atomic E-state index is 12.5. The Kier molecular flexibility index (Phi) is 8.30. The van der Waals surface area contributed by atoms with Gasteiger partial charge in [-0.25, -0.2) is 0 Å². The molecule has 0 unspecified atom stereocenters. The lowest BCUT2D eigenvalue weighted by molar-refractivity contribution is -0.117. The molecule has 0 aliphatic heterocycles. The number of nitrogens with one attached hydrogen (secondary N) is 2. The van der Waals surface area contributed by atoms with Gasteiger partial charge in [0.05, 0.1) is 19.3 Å². The monoisotopic (exact) mass is 449 g/mol. The van der Waals surface area contributed by atoms with Gasteiger partial charge in [-0.15, -0.1) is 11.8 Å². The van der Waals surface area contributed by atoms with Crippen molar-refractivity contribution in [2.45, 2.75) is 11.4 Å². The second kappa shape index (κ2) is 11.4. The molecule has 0 aliphatic carbocycles. The number of thioether (sulfide) groups is 1. The average molecular weight is 450 g/mol. The second-order valence-electron chi connectivity index (χ2n) is 7.30. The molecule has 3 aromatic carbocycles. The zero-order chi connectivity index (χ0) is 22.9. The number of carbonyl (C=O) groups excluding carboxylic acids is 2. The number of hydrogen-bond donors (Lipinski definition) is 2. The maximum absolute atomic E-state index is 12.5. The van der Waals surface area contributed by atoms with E-state index in [1.165, 1.54) is 4.90 Å². The van der Waals surface area contributed by atoms with E-state index in [4.69, 9.17) is 4.74 Å². The minimum atomic E-state index is -0.250. The quantitative estimate of drug-likeness (QED) is 0.462. The molecule has 0 heterocycles. The van der Waals surface area contributed by atoms with Crippen LogP contribution in [0.4, 0.5) is 11.4 Å². The van der Waals surface area contributed by atoms with Crippen LogP contribution >= 0.6 is 11.8 Å². The van der Waals surface area contributed by atoms with Gasteiger partial charge in [0.2, 0.25) is 5.91 Å². The Bertz CT molecular complexity index is 1050. The summed E-state index contributed by atoms with van der Waals surface area (Å²) in [5, 5.41) is 5.71. The van der Waals surface area contributed by atoms with Crippen molar-refractivity contribution >= 4 is 35.0 Å². The minimum absolute atomic E-state index is 0.112. The third-order valence-electron chi connectivity index (χ3n) is 4.81. The minimum Gasteiger partial charge on any atom is -0.495 e. The molecule has 0 saturated heterocycles. The summed E-state index contributed by atoms with van der Waals surface area (Å²) < 4.78 is 5.26. The molecule has 6 nitrogen and oxygen atoms in total. The number of amides is 2. The van der Waals surface area contributed by atoms with Crippen molar-refractivity contribution in [3.63, 3.8) is 0 Å². The molecule has 166 valence electrons. The highest BCUT2D eigenvalue weighted by atomic mass is 32.2. The molecule has 0 aromatic heterocycles. The Hall–Kier alpha value is -3.29. The fourth-order valence-electron chi connectivity index (χ4n) is 3.19. The molecule has 3 rings (SSSR count). The molecule has 0 radical (unpaired) electrons.